The fourth-order valence-electron chi connectivity index (χ4n) is 2.43. The molecule has 1 N–H and O–H groups in total. The van der Waals surface area contributed by atoms with E-state index in [4.69, 9.17) is 8.92 Å². The lowest BCUT2D eigenvalue weighted by molar-refractivity contribution is 0.267. The predicted molar refractivity (Wildman–Crippen MR) is 93.9 cm³/mol. The van der Waals surface area contributed by atoms with Gasteiger partial charge in [-0.05, 0) is 36.4 Å². The Morgan fingerprint density at radius 2 is 1.81 bits per heavy atom. The summed E-state index contributed by atoms with van der Waals surface area (Å²) in [4.78, 5) is -0.238. The Hall–Kier alpha value is -2.20. The molecule has 0 saturated carbocycles. The Morgan fingerprint density at radius 1 is 1.08 bits per heavy atom. The first-order valence-corrected chi connectivity index (χ1v) is 10.7. The Labute approximate surface area is 151 Å². The van der Waals surface area contributed by atoms with Gasteiger partial charge in [0.05, 0.1) is 17.3 Å². The van der Waals surface area contributed by atoms with Gasteiger partial charge in [-0.25, -0.2) is 8.42 Å². The molecule has 0 saturated heterocycles. The van der Waals surface area contributed by atoms with E-state index < -0.39 is 38.4 Å². The SMILES string of the molecule is O=S1(=O)C=CC(OS(=O)(=O)c2ccc(Oc3ccccc3)cc2CO)C1. The summed E-state index contributed by atoms with van der Waals surface area (Å²) in [6, 6.07) is 13.0. The van der Waals surface area contributed by atoms with E-state index in [1.165, 1.54) is 24.3 Å². The zero-order valence-electron chi connectivity index (χ0n) is 13.5. The summed E-state index contributed by atoms with van der Waals surface area (Å²) >= 11 is 0. The quantitative estimate of drug-likeness (QED) is 0.744. The van der Waals surface area contributed by atoms with Crippen molar-refractivity contribution in [1.82, 2.24) is 0 Å². The van der Waals surface area contributed by atoms with Gasteiger partial charge in [0.2, 0.25) is 0 Å². The Balaban J connectivity index is 1.84. The molecule has 0 fully saturated rings. The molecule has 0 aliphatic carbocycles. The predicted octanol–water partition coefficient (Wildman–Crippen LogP) is 1.99. The van der Waals surface area contributed by atoms with Gasteiger partial charge in [-0.3, -0.25) is 4.18 Å². The van der Waals surface area contributed by atoms with Gasteiger partial charge in [-0.15, -0.1) is 0 Å². The minimum Gasteiger partial charge on any atom is -0.457 e. The summed E-state index contributed by atoms with van der Waals surface area (Å²) < 4.78 is 58.3. The highest BCUT2D eigenvalue weighted by molar-refractivity contribution is 7.94. The number of aliphatic hydroxyl groups is 1. The number of ether oxygens (including phenoxy) is 1. The van der Waals surface area contributed by atoms with Crippen molar-refractivity contribution in [3.8, 4) is 11.5 Å². The topological polar surface area (TPSA) is 107 Å². The molecule has 1 aliphatic heterocycles. The van der Waals surface area contributed by atoms with Crippen molar-refractivity contribution in [1.29, 1.82) is 0 Å². The molecule has 0 bridgehead atoms. The number of sulfone groups is 1. The summed E-state index contributed by atoms with van der Waals surface area (Å²) in [7, 11) is -7.70. The van der Waals surface area contributed by atoms with Crippen molar-refractivity contribution in [2.45, 2.75) is 17.6 Å². The molecule has 0 amide bonds. The average molecular weight is 396 g/mol. The molecular formula is C17H16O7S2. The van der Waals surface area contributed by atoms with Crippen LogP contribution in [0.15, 0.2) is 64.9 Å². The molecule has 0 radical (unpaired) electrons. The Morgan fingerprint density at radius 3 is 2.42 bits per heavy atom. The van der Waals surface area contributed by atoms with Crippen LogP contribution >= 0.6 is 0 Å². The lowest BCUT2D eigenvalue weighted by Gasteiger charge is -2.14. The number of rotatable bonds is 6. The highest BCUT2D eigenvalue weighted by Crippen LogP contribution is 2.28. The molecule has 1 heterocycles. The third kappa shape index (κ3) is 4.31. The normalized spacial score (nSPS) is 18.7. The smallest absolute Gasteiger partial charge is 0.297 e. The molecule has 26 heavy (non-hydrogen) atoms. The second kappa shape index (κ2) is 7.20. The van der Waals surface area contributed by atoms with Crippen molar-refractivity contribution in [3.63, 3.8) is 0 Å². The second-order valence-electron chi connectivity index (χ2n) is 5.59. The molecule has 0 spiro atoms. The first-order valence-electron chi connectivity index (χ1n) is 7.60. The van der Waals surface area contributed by atoms with Crippen LogP contribution < -0.4 is 4.74 Å². The Kier molecular flexibility index (Phi) is 5.15. The monoisotopic (exact) mass is 396 g/mol. The molecular weight excluding hydrogens is 380 g/mol. The molecule has 0 aromatic heterocycles. The van der Waals surface area contributed by atoms with Crippen LogP contribution in [0.4, 0.5) is 0 Å². The van der Waals surface area contributed by atoms with Gasteiger partial charge in [0.15, 0.2) is 9.84 Å². The number of hydrogen-bond donors (Lipinski definition) is 1. The third-order valence-electron chi connectivity index (χ3n) is 3.60. The van der Waals surface area contributed by atoms with Crippen molar-refractivity contribution in [2.24, 2.45) is 0 Å². The van der Waals surface area contributed by atoms with Crippen molar-refractivity contribution >= 4 is 20.0 Å². The summed E-state index contributed by atoms with van der Waals surface area (Å²) in [6.07, 6.45) is 0.0926. The number of hydrogen-bond acceptors (Lipinski definition) is 7. The number of benzene rings is 2. The van der Waals surface area contributed by atoms with Crippen LogP contribution in [-0.4, -0.2) is 33.8 Å². The molecule has 1 unspecified atom stereocenters. The maximum atomic E-state index is 12.4. The van der Waals surface area contributed by atoms with Crippen LogP contribution in [0.1, 0.15) is 5.56 Å². The van der Waals surface area contributed by atoms with Gasteiger partial charge in [0.1, 0.15) is 17.6 Å². The minimum absolute atomic E-state index is 0.0864. The van der Waals surface area contributed by atoms with Crippen LogP contribution in [-0.2, 0) is 30.7 Å². The summed E-state index contributed by atoms with van der Waals surface area (Å²) in [5.41, 5.74) is 0.0864. The van der Waals surface area contributed by atoms with E-state index in [0.29, 0.717) is 11.5 Å². The molecule has 1 atom stereocenters. The first kappa shape index (κ1) is 18.6. The average Bonchev–Trinajstić information content (AvgIpc) is 2.93. The fourth-order valence-corrected chi connectivity index (χ4v) is 4.92. The molecule has 2 aromatic carbocycles. The third-order valence-corrected chi connectivity index (χ3v) is 6.40. The zero-order chi connectivity index (χ0) is 18.8. The van der Waals surface area contributed by atoms with Crippen LogP contribution in [0.3, 0.4) is 0 Å². The largest absolute Gasteiger partial charge is 0.457 e. The van der Waals surface area contributed by atoms with E-state index in [9.17, 15) is 21.9 Å². The highest BCUT2D eigenvalue weighted by Gasteiger charge is 2.29. The molecule has 7 nitrogen and oxygen atoms in total. The Bertz CT molecular complexity index is 1030. The lowest BCUT2D eigenvalue weighted by Crippen LogP contribution is -2.21. The second-order valence-corrected chi connectivity index (χ2v) is 9.06. The van der Waals surface area contributed by atoms with Gasteiger partial charge in [0.25, 0.3) is 10.1 Å². The van der Waals surface area contributed by atoms with Gasteiger partial charge >= 0.3 is 0 Å². The summed E-state index contributed by atoms with van der Waals surface area (Å²) in [5, 5.41) is 10.5. The summed E-state index contributed by atoms with van der Waals surface area (Å²) in [5.74, 6) is 0.475. The number of para-hydroxylation sites is 1. The van der Waals surface area contributed by atoms with Crippen LogP contribution in [0, 0.1) is 0 Å². The van der Waals surface area contributed by atoms with E-state index in [1.54, 1.807) is 24.3 Å². The van der Waals surface area contributed by atoms with Crippen molar-refractivity contribution in [2.75, 3.05) is 5.75 Å². The minimum atomic E-state index is -4.26. The molecule has 138 valence electrons. The highest BCUT2D eigenvalue weighted by atomic mass is 32.2. The maximum absolute atomic E-state index is 12.4. The standard InChI is InChI=1S/C17H16O7S2/c18-11-13-10-15(23-14-4-2-1-3-5-14)6-7-17(13)26(21,22)24-16-8-9-25(19,20)12-16/h1-10,16,18H,11-12H2. The summed E-state index contributed by atoms with van der Waals surface area (Å²) in [6.45, 7) is -0.553. The zero-order valence-corrected chi connectivity index (χ0v) is 15.1. The van der Waals surface area contributed by atoms with E-state index in [0.717, 1.165) is 5.41 Å². The van der Waals surface area contributed by atoms with E-state index in [-0.39, 0.29) is 10.5 Å². The molecule has 2 aromatic rings. The van der Waals surface area contributed by atoms with Crippen LogP contribution in [0.5, 0.6) is 11.5 Å². The molecule has 9 heteroatoms. The van der Waals surface area contributed by atoms with Gasteiger partial charge in [-0.2, -0.15) is 8.42 Å². The lowest BCUT2D eigenvalue weighted by atomic mass is 10.2. The fraction of sp³-hybridized carbons (Fsp3) is 0.176. The maximum Gasteiger partial charge on any atom is 0.297 e. The van der Waals surface area contributed by atoms with E-state index >= 15 is 0 Å². The van der Waals surface area contributed by atoms with E-state index in [2.05, 4.69) is 0 Å². The van der Waals surface area contributed by atoms with Crippen molar-refractivity contribution < 1.29 is 30.9 Å². The van der Waals surface area contributed by atoms with E-state index in [1.807, 2.05) is 6.07 Å². The number of aliphatic hydroxyl groups excluding tert-OH is 1. The van der Waals surface area contributed by atoms with Gasteiger partial charge in [0, 0.05) is 11.0 Å². The van der Waals surface area contributed by atoms with Crippen LogP contribution in [0.25, 0.3) is 0 Å². The first-order chi connectivity index (χ1) is 12.3. The van der Waals surface area contributed by atoms with Gasteiger partial charge < -0.3 is 9.84 Å². The van der Waals surface area contributed by atoms with Crippen LogP contribution in [0.2, 0.25) is 0 Å². The van der Waals surface area contributed by atoms with Crippen molar-refractivity contribution in [3.05, 3.63) is 65.6 Å². The molecule has 1 aliphatic rings. The molecule has 3 rings (SSSR count). The van der Waals surface area contributed by atoms with Gasteiger partial charge in [-0.1, -0.05) is 18.2 Å².